The molecule has 2 fully saturated rings. The number of hydrogen-bond acceptors (Lipinski definition) is 7. The van der Waals surface area contributed by atoms with Crippen LogP contribution >= 0.6 is 0 Å². The van der Waals surface area contributed by atoms with Crippen molar-refractivity contribution in [2.45, 2.75) is 12.8 Å². The lowest BCUT2D eigenvalue weighted by atomic mass is 10.2. The highest BCUT2D eigenvalue weighted by atomic mass is 16.5. The number of carbonyl (C=O) groups excluding carboxylic acids is 4. The van der Waals surface area contributed by atoms with E-state index in [0.29, 0.717) is 32.6 Å². The number of methoxy groups -OCH3 is 1. The maximum atomic E-state index is 12.3. The second-order valence-electron chi connectivity index (χ2n) is 7.03. The van der Waals surface area contributed by atoms with E-state index in [1.807, 2.05) is 24.3 Å². The summed E-state index contributed by atoms with van der Waals surface area (Å²) < 4.78 is 10.2. The smallest absolute Gasteiger partial charge is 0.324 e. The van der Waals surface area contributed by atoms with Gasteiger partial charge in [0.2, 0.25) is 5.91 Å². The van der Waals surface area contributed by atoms with Crippen molar-refractivity contribution < 1.29 is 28.7 Å². The molecule has 2 heterocycles. The molecule has 0 saturated carbocycles. The number of carbonyl (C=O) groups is 4. The van der Waals surface area contributed by atoms with Gasteiger partial charge in [0.15, 0.2) is 6.61 Å². The summed E-state index contributed by atoms with van der Waals surface area (Å²) in [4.78, 5) is 52.0. The largest absolute Gasteiger partial charge is 0.497 e. The Labute approximate surface area is 174 Å². The van der Waals surface area contributed by atoms with Gasteiger partial charge < -0.3 is 24.6 Å². The van der Waals surface area contributed by atoms with E-state index in [-0.39, 0.29) is 37.9 Å². The van der Waals surface area contributed by atoms with Crippen LogP contribution in [-0.4, -0.2) is 86.6 Å². The van der Waals surface area contributed by atoms with E-state index in [9.17, 15) is 19.2 Å². The van der Waals surface area contributed by atoms with E-state index in [0.717, 1.165) is 16.3 Å². The minimum atomic E-state index is -0.521. The summed E-state index contributed by atoms with van der Waals surface area (Å²) in [6.07, 6.45) is 0.336. The van der Waals surface area contributed by atoms with Crippen LogP contribution in [0.2, 0.25) is 0 Å². The first-order valence-corrected chi connectivity index (χ1v) is 9.88. The molecule has 0 atom stereocenters. The van der Waals surface area contributed by atoms with Crippen molar-refractivity contribution in [3.8, 4) is 5.75 Å². The molecule has 1 aromatic carbocycles. The van der Waals surface area contributed by atoms with Crippen LogP contribution in [0.15, 0.2) is 24.3 Å². The zero-order valence-electron chi connectivity index (χ0n) is 17.0. The van der Waals surface area contributed by atoms with E-state index in [1.165, 1.54) is 0 Å². The fourth-order valence-corrected chi connectivity index (χ4v) is 3.38. The number of benzene rings is 1. The third-order valence-corrected chi connectivity index (χ3v) is 5.13. The molecule has 1 N–H and O–H groups in total. The molecule has 2 saturated heterocycles. The summed E-state index contributed by atoms with van der Waals surface area (Å²) in [5, 5.41) is 2.41. The molecule has 2 aliphatic rings. The molecule has 0 unspecified atom stereocenters. The molecule has 2 aliphatic heterocycles. The minimum absolute atomic E-state index is 0.0104. The maximum absolute atomic E-state index is 12.3. The fraction of sp³-hybridized carbons (Fsp3) is 0.500. The molecule has 30 heavy (non-hydrogen) atoms. The second kappa shape index (κ2) is 9.95. The normalized spacial score (nSPS) is 16.5. The van der Waals surface area contributed by atoms with Gasteiger partial charge in [0.05, 0.1) is 13.7 Å². The number of amides is 4. The average Bonchev–Trinajstić information content (AvgIpc) is 3.10. The zero-order chi connectivity index (χ0) is 21.5. The lowest BCUT2D eigenvalue weighted by Crippen LogP contribution is -2.49. The van der Waals surface area contributed by atoms with Crippen LogP contribution in [-0.2, 0) is 19.1 Å². The Kier molecular flexibility index (Phi) is 7.10. The Morgan fingerprint density at radius 3 is 2.37 bits per heavy atom. The highest BCUT2D eigenvalue weighted by Crippen LogP contribution is 2.20. The SMILES string of the molecule is COc1ccc(N2CCN(C(=O)COC(=O)CCCN3C(=O)CNC3=O)CC2)cc1. The minimum Gasteiger partial charge on any atom is -0.497 e. The number of urea groups is 1. The first kappa shape index (κ1) is 21.4. The van der Waals surface area contributed by atoms with Gasteiger partial charge in [-0.1, -0.05) is 0 Å². The van der Waals surface area contributed by atoms with E-state index in [1.54, 1.807) is 12.0 Å². The Morgan fingerprint density at radius 2 is 1.77 bits per heavy atom. The summed E-state index contributed by atoms with van der Waals surface area (Å²) in [6, 6.07) is 7.32. The number of hydrogen-bond donors (Lipinski definition) is 1. The molecule has 0 aliphatic carbocycles. The van der Waals surface area contributed by atoms with Gasteiger partial charge in [-0.2, -0.15) is 0 Å². The topological polar surface area (TPSA) is 108 Å². The molecular formula is C20H26N4O6. The average molecular weight is 418 g/mol. The summed E-state index contributed by atoms with van der Waals surface area (Å²) in [5.74, 6) is -0.263. The molecule has 10 heteroatoms. The number of ether oxygens (including phenoxy) is 2. The number of anilines is 1. The highest BCUT2D eigenvalue weighted by molar-refractivity contribution is 6.01. The van der Waals surface area contributed by atoms with Gasteiger partial charge in [-0.05, 0) is 30.7 Å². The Balaban J connectivity index is 1.33. The van der Waals surface area contributed by atoms with E-state index in [2.05, 4.69) is 10.2 Å². The number of esters is 1. The predicted octanol–water partition coefficient (Wildman–Crippen LogP) is 0.219. The van der Waals surface area contributed by atoms with E-state index >= 15 is 0 Å². The first-order chi connectivity index (χ1) is 14.5. The van der Waals surface area contributed by atoms with Crippen LogP contribution in [0, 0.1) is 0 Å². The first-order valence-electron chi connectivity index (χ1n) is 9.88. The molecule has 3 rings (SSSR count). The standard InChI is InChI=1S/C20H26N4O6/c1-29-16-6-4-15(5-7-16)22-9-11-23(12-10-22)18(26)14-30-19(27)3-2-8-24-17(25)13-21-20(24)28/h4-7H,2-3,8-14H2,1H3,(H,21,28). The van der Waals surface area contributed by atoms with Crippen molar-refractivity contribution in [3.63, 3.8) is 0 Å². The summed E-state index contributed by atoms with van der Waals surface area (Å²) >= 11 is 0. The highest BCUT2D eigenvalue weighted by Gasteiger charge is 2.28. The van der Waals surface area contributed by atoms with Crippen molar-refractivity contribution in [3.05, 3.63) is 24.3 Å². The number of nitrogens with one attached hydrogen (secondary N) is 1. The molecule has 162 valence electrons. The van der Waals surface area contributed by atoms with Crippen molar-refractivity contribution >= 4 is 29.5 Å². The van der Waals surface area contributed by atoms with Gasteiger partial charge >= 0.3 is 12.0 Å². The van der Waals surface area contributed by atoms with Crippen LogP contribution in [0.1, 0.15) is 12.8 Å². The van der Waals surface area contributed by atoms with Gasteiger partial charge in [0, 0.05) is 44.8 Å². The van der Waals surface area contributed by atoms with Crippen LogP contribution in [0.3, 0.4) is 0 Å². The van der Waals surface area contributed by atoms with Crippen molar-refractivity contribution in [2.75, 3.05) is 57.9 Å². The third-order valence-electron chi connectivity index (χ3n) is 5.13. The predicted molar refractivity (Wildman–Crippen MR) is 107 cm³/mol. The third kappa shape index (κ3) is 5.40. The summed E-state index contributed by atoms with van der Waals surface area (Å²) in [6.45, 7) is 2.33. The lowest BCUT2D eigenvalue weighted by molar-refractivity contribution is -0.152. The van der Waals surface area contributed by atoms with Gasteiger partial charge in [-0.25, -0.2) is 4.79 Å². The maximum Gasteiger partial charge on any atom is 0.324 e. The van der Waals surface area contributed by atoms with Crippen LogP contribution < -0.4 is 15.0 Å². The van der Waals surface area contributed by atoms with Gasteiger partial charge in [0.25, 0.3) is 5.91 Å². The fourth-order valence-electron chi connectivity index (χ4n) is 3.38. The van der Waals surface area contributed by atoms with Crippen LogP contribution in [0.5, 0.6) is 5.75 Å². The van der Waals surface area contributed by atoms with Gasteiger partial charge in [-0.15, -0.1) is 0 Å². The molecule has 0 radical (unpaired) electrons. The molecule has 1 aromatic rings. The monoisotopic (exact) mass is 418 g/mol. The van der Waals surface area contributed by atoms with Gasteiger partial charge in [0.1, 0.15) is 5.75 Å². The van der Waals surface area contributed by atoms with Crippen LogP contribution in [0.25, 0.3) is 0 Å². The Morgan fingerprint density at radius 1 is 1.07 bits per heavy atom. The zero-order valence-corrected chi connectivity index (χ0v) is 17.0. The number of rotatable bonds is 8. The van der Waals surface area contributed by atoms with Gasteiger partial charge in [-0.3, -0.25) is 19.3 Å². The van der Waals surface area contributed by atoms with Crippen molar-refractivity contribution in [1.82, 2.24) is 15.1 Å². The molecule has 0 aromatic heterocycles. The number of imide groups is 1. The van der Waals surface area contributed by atoms with E-state index < -0.39 is 12.0 Å². The summed E-state index contributed by atoms with van der Waals surface area (Å²) in [5.41, 5.74) is 1.07. The van der Waals surface area contributed by atoms with Crippen LogP contribution in [0.4, 0.5) is 10.5 Å². The van der Waals surface area contributed by atoms with Crippen molar-refractivity contribution in [1.29, 1.82) is 0 Å². The lowest BCUT2D eigenvalue weighted by Gasteiger charge is -2.36. The Bertz CT molecular complexity index is 773. The molecule has 0 spiro atoms. The molecule has 4 amide bonds. The number of nitrogens with zero attached hydrogens (tertiary/aromatic N) is 3. The van der Waals surface area contributed by atoms with E-state index in [4.69, 9.17) is 9.47 Å². The Hall–Kier alpha value is -3.30. The number of piperazine rings is 1. The molecular weight excluding hydrogens is 392 g/mol. The second-order valence-corrected chi connectivity index (χ2v) is 7.03. The van der Waals surface area contributed by atoms with Crippen molar-refractivity contribution in [2.24, 2.45) is 0 Å². The quantitative estimate of drug-likeness (QED) is 0.475. The summed E-state index contributed by atoms with van der Waals surface area (Å²) in [7, 11) is 1.62. The molecule has 0 bridgehead atoms. The molecule has 10 nitrogen and oxygen atoms in total.